The summed E-state index contributed by atoms with van der Waals surface area (Å²) in [5, 5.41) is 14.7. The fourth-order valence-electron chi connectivity index (χ4n) is 3.97. The molecule has 3 atom stereocenters. The van der Waals surface area contributed by atoms with Gasteiger partial charge in [-0.15, -0.1) is 0 Å². The van der Waals surface area contributed by atoms with Crippen LogP contribution >= 0.6 is 0 Å². The van der Waals surface area contributed by atoms with Gasteiger partial charge in [0, 0.05) is 30.7 Å². The smallest absolute Gasteiger partial charge is 0.274 e. The summed E-state index contributed by atoms with van der Waals surface area (Å²) >= 11 is 0. The Balaban J connectivity index is 1.75. The van der Waals surface area contributed by atoms with Crippen molar-refractivity contribution in [2.24, 2.45) is 5.92 Å². The van der Waals surface area contributed by atoms with Crippen LogP contribution in [0.25, 0.3) is 0 Å². The summed E-state index contributed by atoms with van der Waals surface area (Å²) in [6.07, 6.45) is 7.86. The highest BCUT2D eigenvalue weighted by Crippen LogP contribution is 2.35. The Kier molecular flexibility index (Phi) is 4.52. The van der Waals surface area contributed by atoms with Crippen molar-refractivity contribution in [2.75, 3.05) is 6.54 Å². The van der Waals surface area contributed by atoms with E-state index in [2.05, 4.69) is 18.9 Å². The van der Waals surface area contributed by atoms with E-state index in [0.717, 1.165) is 38.6 Å². The van der Waals surface area contributed by atoms with Crippen LogP contribution in [0, 0.1) is 5.92 Å². The third-order valence-corrected chi connectivity index (χ3v) is 5.19. The van der Waals surface area contributed by atoms with Crippen LogP contribution in [0.5, 0.6) is 0 Å². The van der Waals surface area contributed by atoms with Crippen molar-refractivity contribution < 1.29 is 9.90 Å². The van der Waals surface area contributed by atoms with E-state index in [1.807, 2.05) is 21.8 Å². The van der Waals surface area contributed by atoms with Crippen molar-refractivity contribution in [3.05, 3.63) is 18.0 Å². The minimum atomic E-state index is -0.250. The normalized spacial score (nSPS) is 29.3. The number of carbonyl (C=O) groups excluding carboxylic acids is 1. The van der Waals surface area contributed by atoms with Crippen LogP contribution in [-0.4, -0.2) is 44.4 Å². The van der Waals surface area contributed by atoms with Gasteiger partial charge in [0.05, 0.1) is 6.10 Å². The van der Waals surface area contributed by atoms with Gasteiger partial charge in [0.1, 0.15) is 5.69 Å². The number of aliphatic hydroxyl groups is 1. The second-order valence-corrected chi connectivity index (χ2v) is 7.00. The van der Waals surface area contributed by atoms with E-state index in [0.29, 0.717) is 5.69 Å². The first-order valence-electron chi connectivity index (χ1n) is 8.62. The Hall–Kier alpha value is -1.36. The quantitative estimate of drug-likeness (QED) is 0.934. The molecular formula is C17H27N3O2. The lowest BCUT2D eigenvalue weighted by molar-refractivity contribution is 0.0209. The first-order valence-corrected chi connectivity index (χ1v) is 8.62. The molecule has 1 saturated heterocycles. The molecular weight excluding hydrogens is 278 g/mol. The molecule has 0 radical (unpaired) electrons. The third kappa shape index (κ3) is 2.91. The lowest BCUT2D eigenvalue weighted by Crippen LogP contribution is -2.45. The van der Waals surface area contributed by atoms with Crippen molar-refractivity contribution in [3.8, 4) is 0 Å². The molecule has 22 heavy (non-hydrogen) atoms. The van der Waals surface area contributed by atoms with E-state index in [-0.39, 0.29) is 30.0 Å². The highest BCUT2D eigenvalue weighted by molar-refractivity contribution is 5.92. The van der Waals surface area contributed by atoms with Crippen molar-refractivity contribution in [1.82, 2.24) is 14.7 Å². The molecule has 0 spiro atoms. The first-order chi connectivity index (χ1) is 10.6. The molecule has 1 aromatic rings. The summed E-state index contributed by atoms with van der Waals surface area (Å²) in [4.78, 5) is 14.8. The van der Waals surface area contributed by atoms with Crippen LogP contribution < -0.4 is 0 Å². The van der Waals surface area contributed by atoms with E-state index in [4.69, 9.17) is 0 Å². The number of amides is 1. The van der Waals surface area contributed by atoms with Crippen LogP contribution in [0.1, 0.15) is 68.9 Å². The number of nitrogens with zero attached hydrogens (tertiary/aromatic N) is 3. The number of likely N-dealkylation sites (tertiary alicyclic amines) is 1. The molecule has 2 aliphatic rings. The molecule has 122 valence electrons. The Labute approximate surface area is 132 Å². The predicted molar refractivity (Wildman–Crippen MR) is 84.6 cm³/mol. The van der Waals surface area contributed by atoms with Gasteiger partial charge in [-0.2, -0.15) is 5.10 Å². The van der Waals surface area contributed by atoms with Crippen LogP contribution in [0.3, 0.4) is 0 Å². The van der Waals surface area contributed by atoms with Gasteiger partial charge >= 0.3 is 0 Å². The average Bonchev–Trinajstić information content (AvgIpc) is 3.16. The summed E-state index contributed by atoms with van der Waals surface area (Å²) in [5.74, 6) is 0.270. The summed E-state index contributed by atoms with van der Waals surface area (Å²) in [6.45, 7) is 4.90. The van der Waals surface area contributed by atoms with Crippen molar-refractivity contribution >= 4 is 5.91 Å². The van der Waals surface area contributed by atoms with Gasteiger partial charge < -0.3 is 10.0 Å². The SMILES string of the molecule is CC(C)n1ccc(C(=O)N2CCC[C@@H]2[C@H]2CCCC[C@H]2O)n1. The largest absolute Gasteiger partial charge is 0.393 e. The first kappa shape index (κ1) is 15.5. The number of rotatable bonds is 3. The van der Waals surface area contributed by atoms with E-state index < -0.39 is 0 Å². The Bertz CT molecular complexity index is 526. The third-order valence-electron chi connectivity index (χ3n) is 5.19. The topological polar surface area (TPSA) is 58.4 Å². The maximum absolute atomic E-state index is 12.8. The average molecular weight is 305 g/mol. The monoisotopic (exact) mass is 305 g/mol. The molecule has 3 rings (SSSR count). The zero-order chi connectivity index (χ0) is 15.7. The highest BCUT2D eigenvalue weighted by Gasteiger charge is 2.39. The minimum Gasteiger partial charge on any atom is -0.393 e. The summed E-state index contributed by atoms with van der Waals surface area (Å²) in [7, 11) is 0. The summed E-state index contributed by atoms with van der Waals surface area (Å²) in [5.41, 5.74) is 0.533. The van der Waals surface area contributed by atoms with Gasteiger partial charge in [-0.25, -0.2) is 0 Å². The van der Waals surface area contributed by atoms with Crippen molar-refractivity contribution in [1.29, 1.82) is 0 Å². The molecule has 1 N–H and O–H groups in total. The molecule has 1 amide bonds. The number of aromatic nitrogens is 2. The molecule has 0 unspecified atom stereocenters. The molecule has 5 nitrogen and oxygen atoms in total. The van der Waals surface area contributed by atoms with Gasteiger partial charge in [0.25, 0.3) is 5.91 Å². The van der Waals surface area contributed by atoms with Crippen molar-refractivity contribution in [2.45, 2.75) is 70.6 Å². The maximum Gasteiger partial charge on any atom is 0.274 e. The molecule has 2 fully saturated rings. The highest BCUT2D eigenvalue weighted by atomic mass is 16.3. The molecule has 0 aromatic carbocycles. The molecule has 0 bridgehead atoms. The lowest BCUT2D eigenvalue weighted by Gasteiger charge is -2.37. The summed E-state index contributed by atoms with van der Waals surface area (Å²) < 4.78 is 1.83. The van der Waals surface area contributed by atoms with Crippen LogP contribution in [0.15, 0.2) is 12.3 Å². The van der Waals surface area contributed by atoms with Gasteiger partial charge in [0.15, 0.2) is 0 Å². The Morgan fingerprint density at radius 3 is 2.73 bits per heavy atom. The maximum atomic E-state index is 12.8. The zero-order valence-electron chi connectivity index (χ0n) is 13.6. The van der Waals surface area contributed by atoms with Gasteiger partial charge in [-0.1, -0.05) is 12.8 Å². The van der Waals surface area contributed by atoms with Gasteiger partial charge in [-0.3, -0.25) is 9.48 Å². The van der Waals surface area contributed by atoms with Crippen molar-refractivity contribution in [3.63, 3.8) is 0 Å². The van der Waals surface area contributed by atoms with Gasteiger partial charge in [0.2, 0.25) is 0 Å². The fourth-order valence-corrected chi connectivity index (χ4v) is 3.97. The molecule has 2 heterocycles. The van der Waals surface area contributed by atoms with E-state index in [9.17, 15) is 9.90 Å². The molecule has 1 saturated carbocycles. The summed E-state index contributed by atoms with van der Waals surface area (Å²) in [6, 6.07) is 2.26. The lowest BCUT2D eigenvalue weighted by atomic mass is 9.80. The minimum absolute atomic E-state index is 0.0275. The van der Waals surface area contributed by atoms with Crippen LogP contribution in [-0.2, 0) is 0 Å². The number of carbonyl (C=O) groups is 1. The molecule has 1 aromatic heterocycles. The molecule has 1 aliphatic carbocycles. The Morgan fingerprint density at radius 1 is 1.27 bits per heavy atom. The molecule has 5 heteroatoms. The van der Waals surface area contributed by atoms with E-state index >= 15 is 0 Å². The van der Waals surface area contributed by atoms with E-state index in [1.54, 1.807) is 0 Å². The van der Waals surface area contributed by atoms with Gasteiger partial charge in [-0.05, 0) is 45.6 Å². The number of hydrogen-bond donors (Lipinski definition) is 1. The predicted octanol–water partition coefficient (Wildman–Crippen LogP) is 2.62. The number of aliphatic hydroxyl groups excluding tert-OH is 1. The zero-order valence-corrected chi connectivity index (χ0v) is 13.6. The molecule has 1 aliphatic heterocycles. The second-order valence-electron chi connectivity index (χ2n) is 7.00. The fraction of sp³-hybridized carbons (Fsp3) is 0.765. The van der Waals surface area contributed by atoms with E-state index in [1.165, 1.54) is 6.42 Å². The van der Waals surface area contributed by atoms with Crippen LogP contribution in [0.4, 0.5) is 0 Å². The Morgan fingerprint density at radius 2 is 2.05 bits per heavy atom. The standard InChI is InChI=1S/C17H27N3O2/c1-12(2)20-11-9-14(18-20)17(22)19-10-5-7-15(19)13-6-3-4-8-16(13)21/h9,11-13,15-16,21H,3-8,10H2,1-2H3/t13-,15-,16-/m1/s1. The number of hydrogen-bond acceptors (Lipinski definition) is 3. The van der Waals surface area contributed by atoms with Crippen LogP contribution in [0.2, 0.25) is 0 Å². The second kappa shape index (κ2) is 6.41.